The van der Waals surface area contributed by atoms with E-state index in [1.165, 1.54) is 0 Å². The van der Waals surface area contributed by atoms with Crippen molar-refractivity contribution >= 4 is 0 Å². The van der Waals surface area contributed by atoms with Gasteiger partial charge in [0, 0.05) is 13.1 Å². The van der Waals surface area contributed by atoms with Crippen LogP contribution in [0.15, 0.2) is 18.2 Å². The lowest BCUT2D eigenvalue weighted by molar-refractivity contribution is 0.0369. The van der Waals surface area contributed by atoms with Gasteiger partial charge in [-0.3, -0.25) is 4.90 Å². The third kappa shape index (κ3) is 2.69. The van der Waals surface area contributed by atoms with Crippen molar-refractivity contribution in [2.75, 3.05) is 27.2 Å². The molecule has 1 fully saturated rings. The van der Waals surface area contributed by atoms with E-state index in [9.17, 15) is 0 Å². The van der Waals surface area contributed by atoms with E-state index in [-0.39, 0.29) is 6.10 Å². The van der Waals surface area contributed by atoms with Gasteiger partial charge in [-0.05, 0) is 24.7 Å². The van der Waals surface area contributed by atoms with Crippen molar-refractivity contribution in [2.45, 2.75) is 12.5 Å². The molecule has 1 heterocycles. The van der Waals surface area contributed by atoms with Crippen LogP contribution in [0.3, 0.4) is 0 Å². The Kier molecular flexibility index (Phi) is 3.50. The van der Waals surface area contributed by atoms with Gasteiger partial charge in [0.15, 0.2) is 11.5 Å². The smallest absolute Gasteiger partial charge is 0.161 e. The molecule has 2 rings (SSSR count). The molecule has 0 aliphatic carbocycles. The highest BCUT2D eigenvalue weighted by Gasteiger charge is 2.25. The maximum absolute atomic E-state index is 8.65. The number of benzene rings is 1. The molecular weight excluding hydrogens is 216 g/mol. The minimum atomic E-state index is 0.246. The van der Waals surface area contributed by atoms with Crippen LogP contribution in [-0.2, 0) is 6.42 Å². The fourth-order valence-electron chi connectivity index (χ4n) is 1.91. The molecule has 1 saturated heterocycles. The van der Waals surface area contributed by atoms with Gasteiger partial charge in [0.05, 0.1) is 19.6 Å². The highest BCUT2D eigenvalue weighted by atomic mass is 16.5. The number of nitrogens with zero attached hydrogens (tertiary/aromatic N) is 2. The lowest BCUT2D eigenvalue weighted by atomic mass is 10.1. The predicted octanol–water partition coefficient (Wildman–Crippen LogP) is 1.45. The Hall–Kier alpha value is -1.73. The summed E-state index contributed by atoms with van der Waals surface area (Å²) in [5, 5.41) is 8.65. The SMILES string of the molecule is COc1cc(CC#N)ccc1OC1CN(C)C1. The van der Waals surface area contributed by atoms with Crippen molar-refractivity contribution in [3.63, 3.8) is 0 Å². The first-order valence-corrected chi connectivity index (χ1v) is 5.62. The van der Waals surface area contributed by atoms with Gasteiger partial charge in [0.1, 0.15) is 6.10 Å². The highest BCUT2D eigenvalue weighted by molar-refractivity contribution is 5.43. The highest BCUT2D eigenvalue weighted by Crippen LogP contribution is 2.30. The summed E-state index contributed by atoms with van der Waals surface area (Å²) >= 11 is 0. The van der Waals surface area contributed by atoms with Gasteiger partial charge in [0.25, 0.3) is 0 Å². The minimum absolute atomic E-state index is 0.246. The second-order valence-electron chi connectivity index (χ2n) is 4.28. The molecule has 1 aromatic carbocycles. The fraction of sp³-hybridized carbons (Fsp3) is 0.462. The molecule has 17 heavy (non-hydrogen) atoms. The third-order valence-electron chi connectivity index (χ3n) is 2.84. The summed E-state index contributed by atoms with van der Waals surface area (Å²) in [5.74, 6) is 1.46. The summed E-state index contributed by atoms with van der Waals surface area (Å²) in [4.78, 5) is 2.20. The molecule has 1 aliphatic rings. The number of hydrogen-bond donors (Lipinski definition) is 0. The first kappa shape index (κ1) is 11.7. The van der Waals surface area contributed by atoms with Gasteiger partial charge in [-0.2, -0.15) is 5.26 Å². The Morgan fingerprint density at radius 1 is 1.41 bits per heavy atom. The zero-order valence-electron chi connectivity index (χ0n) is 10.1. The van der Waals surface area contributed by atoms with Crippen LogP contribution in [0.25, 0.3) is 0 Å². The second kappa shape index (κ2) is 5.07. The molecule has 1 aromatic rings. The quantitative estimate of drug-likeness (QED) is 0.788. The first-order valence-electron chi connectivity index (χ1n) is 5.62. The number of hydrogen-bond acceptors (Lipinski definition) is 4. The lowest BCUT2D eigenvalue weighted by Gasteiger charge is -2.36. The van der Waals surface area contributed by atoms with E-state index in [0.717, 1.165) is 24.4 Å². The average Bonchev–Trinajstić information content (AvgIpc) is 2.29. The zero-order chi connectivity index (χ0) is 12.3. The second-order valence-corrected chi connectivity index (χ2v) is 4.28. The normalized spacial score (nSPS) is 16.1. The van der Waals surface area contributed by atoms with E-state index in [0.29, 0.717) is 12.2 Å². The molecule has 0 spiro atoms. The number of likely N-dealkylation sites (tertiary alicyclic amines) is 1. The fourth-order valence-corrected chi connectivity index (χ4v) is 1.91. The van der Waals surface area contributed by atoms with Crippen LogP contribution in [-0.4, -0.2) is 38.3 Å². The monoisotopic (exact) mass is 232 g/mol. The lowest BCUT2D eigenvalue weighted by Crippen LogP contribution is -2.51. The van der Waals surface area contributed by atoms with E-state index in [1.807, 2.05) is 18.2 Å². The van der Waals surface area contributed by atoms with Crippen molar-refractivity contribution in [1.29, 1.82) is 5.26 Å². The Morgan fingerprint density at radius 2 is 2.18 bits per heavy atom. The largest absolute Gasteiger partial charge is 0.493 e. The van der Waals surface area contributed by atoms with Crippen molar-refractivity contribution in [3.8, 4) is 17.6 Å². The first-order chi connectivity index (χ1) is 8.22. The maximum atomic E-state index is 8.65. The molecule has 4 nitrogen and oxygen atoms in total. The Morgan fingerprint density at radius 3 is 2.76 bits per heavy atom. The van der Waals surface area contributed by atoms with E-state index < -0.39 is 0 Å². The van der Waals surface area contributed by atoms with E-state index in [4.69, 9.17) is 14.7 Å². The summed E-state index contributed by atoms with van der Waals surface area (Å²) in [6.07, 6.45) is 0.638. The number of ether oxygens (including phenoxy) is 2. The molecule has 90 valence electrons. The van der Waals surface area contributed by atoms with E-state index >= 15 is 0 Å². The molecule has 0 amide bonds. The number of nitriles is 1. The molecule has 0 atom stereocenters. The molecule has 4 heteroatoms. The van der Waals surface area contributed by atoms with Gasteiger partial charge in [-0.1, -0.05) is 6.07 Å². The van der Waals surface area contributed by atoms with Gasteiger partial charge in [-0.15, -0.1) is 0 Å². The topological polar surface area (TPSA) is 45.5 Å². The van der Waals surface area contributed by atoms with Crippen LogP contribution in [0.4, 0.5) is 0 Å². The van der Waals surface area contributed by atoms with Crippen LogP contribution in [0.2, 0.25) is 0 Å². The predicted molar refractivity (Wildman–Crippen MR) is 64.2 cm³/mol. The summed E-state index contributed by atoms with van der Waals surface area (Å²) in [6, 6.07) is 7.77. The van der Waals surface area contributed by atoms with Crippen LogP contribution in [0, 0.1) is 11.3 Å². The van der Waals surface area contributed by atoms with Gasteiger partial charge >= 0.3 is 0 Å². The van der Waals surface area contributed by atoms with Crippen LogP contribution < -0.4 is 9.47 Å². The molecule has 0 radical (unpaired) electrons. The Balaban J connectivity index is 2.08. The molecule has 0 bridgehead atoms. The zero-order valence-corrected chi connectivity index (χ0v) is 10.1. The molecule has 0 aromatic heterocycles. The number of methoxy groups -OCH3 is 1. The van der Waals surface area contributed by atoms with Gasteiger partial charge < -0.3 is 9.47 Å². The molecule has 0 N–H and O–H groups in total. The van der Waals surface area contributed by atoms with Gasteiger partial charge in [-0.25, -0.2) is 0 Å². The van der Waals surface area contributed by atoms with E-state index in [2.05, 4.69) is 18.0 Å². The Labute approximate surface area is 101 Å². The maximum Gasteiger partial charge on any atom is 0.161 e. The van der Waals surface area contributed by atoms with Crippen LogP contribution >= 0.6 is 0 Å². The van der Waals surface area contributed by atoms with Gasteiger partial charge in [0.2, 0.25) is 0 Å². The summed E-state index contributed by atoms with van der Waals surface area (Å²) in [7, 11) is 3.68. The van der Waals surface area contributed by atoms with E-state index in [1.54, 1.807) is 7.11 Å². The van der Waals surface area contributed by atoms with Crippen molar-refractivity contribution in [3.05, 3.63) is 23.8 Å². The summed E-state index contributed by atoms with van der Waals surface area (Å²) < 4.78 is 11.1. The average molecular weight is 232 g/mol. The van der Waals surface area contributed by atoms with Crippen LogP contribution in [0.5, 0.6) is 11.5 Å². The van der Waals surface area contributed by atoms with Crippen molar-refractivity contribution < 1.29 is 9.47 Å². The summed E-state index contributed by atoms with van der Waals surface area (Å²) in [5.41, 5.74) is 0.947. The third-order valence-corrected chi connectivity index (χ3v) is 2.84. The standard InChI is InChI=1S/C13H16N2O2/c1-15-8-11(9-15)17-12-4-3-10(5-6-14)7-13(12)16-2/h3-4,7,11H,5,8-9H2,1-2H3. The minimum Gasteiger partial charge on any atom is -0.493 e. The Bertz CT molecular complexity index is 434. The van der Waals surface area contributed by atoms with Crippen molar-refractivity contribution in [2.24, 2.45) is 0 Å². The molecular formula is C13H16N2O2. The molecule has 0 saturated carbocycles. The van der Waals surface area contributed by atoms with Crippen molar-refractivity contribution in [1.82, 2.24) is 4.90 Å². The number of rotatable bonds is 4. The molecule has 1 aliphatic heterocycles. The van der Waals surface area contributed by atoms with Crippen LogP contribution in [0.1, 0.15) is 5.56 Å². The number of likely N-dealkylation sites (N-methyl/N-ethyl adjacent to an activating group) is 1. The molecule has 0 unspecified atom stereocenters. The summed E-state index contributed by atoms with van der Waals surface area (Å²) in [6.45, 7) is 1.90.